The minimum absolute atomic E-state index is 0.0127. The molecule has 1 saturated heterocycles. The van der Waals surface area contributed by atoms with Gasteiger partial charge < -0.3 is 10.0 Å². The average molecular weight is 334 g/mol. The maximum absolute atomic E-state index is 12.7. The number of carbonyl (C=O) groups is 1. The van der Waals surface area contributed by atoms with Gasteiger partial charge in [-0.25, -0.2) is 4.68 Å². The number of carbonyl (C=O) groups excluding carboxylic acids is 1. The van der Waals surface area contributed by atoms with Gasteiger partial charge in [0.25, 0.3) is 5.91 Å². The zero-order valence-electron chi connectivity index (χ0n) is 12.9. The average Bonchev–Trinajstić information content (AvgIpc) is 3.21. The van der Waals surface area contributed by atoms with Crippen molar-refractivity contribution in [2.75, 3.05) is 13.2 Å². The van der Waals surface area contributed by atoms with Crippen LogP contribution in [0.15, 0.2) is 36.7 Å². The van der Waals surface area contributed by atoms with Gasteiger partial charge >= 0.3 is 0 Å². The molecule has 6 heteroatoms. The molecule has 3 rings (SSSR count). The Labute approximate surface area is 140 Å². The second-order valence-electron chi connectivity index (χ2n) is 5.81. The third-order valence-electron chi connectivity index (χ3n) is 4.24. The predicted molar refractivity (Wildman–Crippen MR) is 89.0 cm³/mol. The van der Waals surface area contributed by atoms with Crippen molar-refractivity contribution in [3.05, 3.63) is 47.2 Å². The van der Waals surface area contributed by atoms with E-state index in [4.69, 9.17) is 16.7 Å². The Kier molecular flexibility index (Phi) is 4.98. The van der Waals surface area contributed by atoms with Crippen LogP contribution < -0.4 is 0 Å². The summed E-state index contributed by atoms with van der Waals surface area (Å²) < 4.78 is 1.66. The van der Waals surface area contributed by atoms with E-state index in [0.717, 1.165) is 37.9 Å². The highest BCUT2D eigenvalue weighted by Crippen LogP contribution is 2.24. The molecule has 0 radical (unpaired) electrons. The molecular formula is C17H20ClN3O2. The fourth-order valence-corrected chi connectivity index (χ4v) is 3.27. The van der Waals surface area contributed by atoms with Crippen LogP contribution in [0.4, 0.5) is 0 Å². The van der Waals surface area contributed by atoms with Gasteiger partial charge in [0.2, 0.25) is 0 Å². The van der Waals surface area contributed by atoms with Gasteiger partial charge in [-0.3, -0.25) is 4.79 Å². The van der Waals surface area contributed by atoms with E-state index in [1.54, 1.807) is 23.1 Å². The van der Waals surface area contributed by atoms with E-state index in [1.807, 2.05) is 23.1 Å². The summed E-state index contributed by atoms with van der Waals surface area (Å²) in [6.45, 7) is 0.947. The van der Waals surface area contributed by atoms with Crippen molar-refractivity contribution in [2.45, 2.75) is 31.7 Å². The lowest BCUT2D eigenvalue weighted by Gasteiger charge is -2.24. The van der Waals surface area contributed by atoms with Crippen molar-refractivity contribution in [1.29, 1.82) is 0 Å². The lowest BCUT2D eigenvalue weighted by Crippen LogP contribution is -2.35. The second kappa shape index (κ2) is 7.15. The smallest absolute Gasteiger partial charge is 0.257 e. The minimum Gasteiger partial charge on any atom is -0.396 e. The first kappa shape index (κ1) is 16.0. The molecule has 1 unspecified atom stereocenters. The Morgan fingerprint density at radius 1 is 1.43 bits per heavy atom. The van der Waals surface area contributed by atoms with Gasteiger partial charge in [0, 0.05) is 30.4 Å². The number of halogens is 1. The number of aliphatic hydroxyl groups is 1. The normalized spacial score (nSPS) is 17.7. The SMILES string of the molecule is O=C(c1cnn(-c2cccc(Cl)c2)c1)N1CCCC1CCCO. The molecule has 23 heavy (non-hydrogen) atoms. The summed E-state index contributed by atoms with van der Waals surface area (Å²) in [6, 6.07) is 7.59. The lowest BCUT2D eigenvalue weighted by molar-refractivity contribution is 0.0724. The molecule has 1 aliphatic heterocycles. The number of rotatable bonds is 5. The van der Waals surface area contributed by atoms with Crippen molar-refractivity contribution in [2.24, 2.45) is 0 Å². The third kappa shape index (κ3) is 3.57. The maximum Gasteiger partial charge on any atom is 0.257 e. The number of likely N-dealkylation sites (tertiary alicyclic amines) is 1. The summed E-state index contributed by atoms with van der Waals surface area (Å²) in [6.07, 6.45) is 6.96. The van der Waals surface area contributed by atoms with Crippen LogP contribution >= 0.6 is 11.6 Å². The third-order valence-corrected chi connectivity index (χ3v) is 4.47. The van der Waals surface area contributed by atoms with E-state index < -0.39 is 0 Å². The number of amides is 1. The number of nitrogens with zero attached hydrogens (tertiary/aromatic N) is 3. The van der Waals surface area contributed by atoms with Crippen LogP contribution in [0.1, 0.15) is 36.0 Å². The molecule has 0 aliphatic carbocycles. The summed E-state index contributed by atoms with van der Waals surface area (Å²) >= 11 is 6.00. The highest BCUT2D eigenvalue weighted by Gasteiger charge is 2.29. The zero-order valence-corrected chi connectivity index (χ0v) is 13.6. The zero-order chi connectivity index (χ0) is 16.2. The van der Waals surface area contributed by atoms with Crippen LogP contribution in [-0.4, -0.2) is 44.9 Å². The van der Waals surface area contributed by atoms with Gasteiger partial charge in [-0.2, -0.15) is 5.10 Å². The minimum atomic E-state index is 0.0127. The molecule has 1 fully saturated rings. The monoisotopic (exact) mass is 333 g/mol. The summed E-state index contributed by atoms with van der Waals surface area (Å²) in [5.41, 5.74) is 1.41. The van der Waals surface area contributed by atoms with E-state index in [1.165, 1.54) is 0 Å². The molecule has 1 aromatic heterocycles. The number of hydrogen-bond donors (Lipinski definition) is 1. The van der Waals surface area contributed by atoms with Crippen molar-refractivity contribution in [3.8, 4) is 5.69 Å². The number of aromatic nitrogens is 2. The van der Waals surface area contributed by atoms with Crippen LogP contribution in [0.3, 0.4) is 0 Å². The Morgan fingerprint density at radius 2 is 2.30 bits per heavy atom. The van der Waals surface area contributed by atoms with Crippen LogP contribution in [0.5, 0.6) is 0 Å². The fraction of sp³-hybridized carbons (Fsp3) is 0.412. The van der Waals surface area contributed by atoms with Crippen LogP contribution in [0.25, 0.3) is 5.69 Å². The quantitative estimate of drug-likeness (QED) is 0.915. The van der Waals surface area contributed by atoms with Gasteiger partial charge in [-0.15, -0.1) is 0 Å². The van der Waals surface area contributed by atoms with Gasteiger partial charge in [0.1, 0.15) is 0 Å². The van der Waals surface area contributed by atoms with E-state index >= 15 is 0 Å². The summed E-state index contributed by atoms with van der Waals surface area (Å²) in [4.78, 5) is 14.6. The Bertz CT molecular complexity index is 686. The fourth-order valence-electron chi connectivity index (χ4n) is 3.09. The first-order chi connectivity index (χ1) is 11.2. The van der Waals surface area contributed by atoms with E-state index in [-0.39, 0.29) is 18.6 Å². The van der Waals surface area contributed by atoms with Crippen LogP contribution in [0.2, 0.25) is 5.02 Å². The molecule has 1 atom stereocenters. The van der Waals surface area contributed by atoms with E-state index in [0.29, 0.717) is 10.6 Å². The van der Waals surface area contributed by atoms with E-state index in [2.05, 4.69) is 5.10 Å². The second-order valence-corrected chi connectivity index (χ2v) is 6.25. The van der Waals surface area contributed by atoms with Crippen molar-refractivity contribution >= 4 is 17.5 Å². The first-order valence-electron chi connectivity index (χ1n) is 7.91. The number of benzene rings is 1. The molecule has 2 aromatic rings. The van der Waals surface area contributed by atoms with Crippen molar-refractivity contribution in [1.82, 2.24) is 14.7 Å². The van der Waals surface area contributed by atoms with Gasteiger partial charge in [0.15, 0.2) is 0 Å². The number of hydrogen-bond acceptors (Lipinski definition) is 3. The molecule has 2 heterocycles. The van der Waals surface area contributed by atoms with Gasteiger partial charge in [0.05, 0.1) is 17.4 Å². The Hall–Kier alpha value is -1.85. The molecule has 1 N–H and O–H groups in total. The van der Waals surface area contributed by atoms with Crippen LogP contribution in [-0.2, 0) is 0 Å². The molecule has 0 saturated carbocycles. The maximum atomic E-state index is 12.7. The van der Waals surface area contributed by atoms with Crippen molar-refractivity contribution in [3.63, 3.8) is 0 Å². The topological polar surface area (TPSA) is 58.4 Å². The molecule has 5 nitrogen and oxygen atoms in total. The largest absolute Gasteiger partial charge is 0.396 e. The summed E-state index contributed by atoms with van der Waals surface area (Å²) in [5, 5.41) is 13.9. The highest BCUT2D eigenvalue weighted by atomic mass is 35.5. The van der Waals surface area contributed by atoms with Gasteiger partial charge in [-0.05, 0) is 43.9 Å². The predicted octanol–water partition coefficient (Wildman–Crippen LogP) is 2.90. The van der Waals surface area contributed by atoms with Crippen molar-refractivity contribution < 1.29 is 9.90 Å². The van der Waals surface area contributed by atoms with E-state index in [9.17, 15) is 4.79 Å². The summed E-state index contributed by atoms with van der Waals surface area (Å²) in [7, 11) is 0. The molecule has 122 valence electrons. The first-order valence-corrected chi connectivity index (χ1v) is 8.29. The Balaban J connectivity index is 1.76. The standard InChI is InChI=1S/C17H20ClN3O2/c18-14-4-1-5-16(10-14)21-12-13(11-19-21)17(23)20-8-2-6-15(20)7-3-9-22/h1,4-5,10-12,15,22H,2-3,6-9H2. The molecule has 1 aromatic carbocycles. The Morgan fingerprint density at radius 3 is 3.09 bits per heavy atom. The molecule has 0 spiro atoms. The highest BCUT2D eigenvalue weighted by molar-refractivity contribution is 6.30. The molecule has 0 bridgehead atoms. The summed E-state index contributed by atoms with van der Waals surface area (Å²) in [5.74, 6) is 0.0127. The van der Waals surface area contributed by atoms with Gasteiger partial charge in [-0.1, -0.05) is 17.7 Å². The molecule has 1 aliphatic rings. The number of aliphatic hydroxyl groups excluding tert-OH is 1. The molecular weight excluding hydrogens is 314 g/mol. The lowest BCUT2D eigenvalue weighted by atomic mass is 10.1. The molecule has 1 amide bonds. The van der Waals surface area contributed by atoms with Crippen LogP contribution in [0, 0.1) is 0 Å².